The van der Waals surface area contributed by atoms with Gasteiger partial charge in [0.15, 0.2) is 5.82 Å². The molecule has 0 amide bonds. The molecule has 5 nitrogen and oxygen atoms in total. The predicted octanol–water partition coefficient (Wildman–Crippen LogP) is 0.0594. The number of benzene rings is 1. The van der Waals surface area contributed by atoms with Crippen LogP contribution < -0.4 is 5.73 Å². The van der Waals surface area contributed by atoms with Crippen molar-refractivity contribution in [1.82, 2.24) is 15.2 Å². The van der Waals surface area contributed by atoms with Gasteiger partial charge in [-0.3, -0.25) is 0 Å². The lowest BCUT2D eigenvalue weighted by Crippen LogP contribution is -2.19. The van der Waals surface area contributed by atoms with Crippen LogP contribution in [-0.4, -0.2) is 33.4 Å². The highest BCUT2D eigenvalue weighted by molar-refractivity contribution is 5.72. The summed E-state index contributed by atoms with van der Waals surface area (Å²) in [6, 6.07) is 7.47. The number of aliphatic hydroxyl groups excluding tert-OH is 1. The molecule has 0 saturated heterocycles. The first-order valence-electron chi connectivity index (χ1n) is 4.75. The molecule has 78 valence electrons. The summed E-state index contributed by atoms with van der Waals surface area (Å²) in [5.41, 5.74) is 7.01. The minimum atomic E-state index is -0.234. The Morgan fingerprint density at radius 3 is 2.60 bits per heavy atom. The van der Waals surface area contributed by atoms with E-state index in [4.69, 9.17) is 10.8 Å². The fraction of sp³-hybridized carbons (Fsp3) is 0.300. The van der Waals surface area contributed by atoms with Gasteiger partial charge in [0, 0.05) is 6.54 Å². The number of aromatic nitrogens is 3. The van der Waals surface area contributed by atoms with Crippen molar-refractivity contribution >= 4 is 11.0 Å². The van der Waals surface area contributed by atoms with Crippen LogP contribution in [0.2, 0.25) is 0 Å². The molecule has 1 aromatic carbocycles. The molecular formula is C10H12N4O. The minimum absolute atomic E-state index is 0.0590. The van der Waals surface area contributed by atoms with Gasteiger partial charge < -0.3 is 10.8 Å². The van der Waals surface area contributed by atoms with Gasteiger partial charge >= 0.3 is 0 Å². The zero-order valence-electron chi connectivity index (χ0n) is 8.17. The first-order chi connectivity index (χ1) is 7.35. The average Bonchev–Trinajstić information content (AvgIpc) is 2.30. The van der Waals surface area contributed by atoms with E-state index in [2.05, 4.69) is 15.2 Å². The first-order valence-corrected chi connectivity index (χ1v) is 4.75. The summed E-state index contributed by atoms with van der Waals surface area (Å²) < 4.78 is 0. The number of nitrogens with zero attached hydrogens (tertiary/aromatic N) is 3. The van der Waals surface area contributed by atoms with Gasteiger partial charge in [-0.1, -0.05) is 12.1 Å². The lowest BCUT2D eigenvalue weighted by atomic mass is 10.1. The van der Waals surface area contributed by atoms with Crippen LogP contribution >= 0.6 is 0 Å². The lowest BCUT2D eigenvalue weighted by Gasteiger charge is -2.08. The van der Waals surface area contributed by atoms with Gasteiger partial charge in [0.2, 0.25) is 0 Å². The fourth-order valence-corrected chi connectivity index (χ4v) is 1.33. The van der Waals surface area contributed by atoms with Gasteiger partial charge in [0.1, 0.15) is 5.52 Å². The molecule has 0 aliphatic rings. The highest BCUT2D eigenvalue weighted by Crippen LogP contribution is 2.12. The van der Waals surface area contributed by atoms with Gasteiger partial charge in [-0.05, 0) is 12.1 Å². The topological polar surface area (TPSA) is 84.9 Å². The number of rotatable bonds is 3. The van der Waals surface area contributed by atoms with Gasteiger partial charge in [0.25, 0.3) is 0 Å². The van der Waals surface area contributed by atoms with Crippen molar-refractivity contribution in [3.63, 3.8) is 0 Å². The molecule has 1 atom stereocenters. The van der Waals surface area contributed by atoms with Crippen LogP contribution in [0.15, 0.2) is 24.3 Å². The smallest absolute Gasteiger partial charge is 0.158 e. The Kier molecular flexibility index (Phi) is 2.84. The molecule has 0 saturated carbocycles. The van der Waals surface area contributed by atoms with Crippen molar-refractivity contribution in [1.29, 1.82) is 0 Å². The standard InChI is InChI=1S/C10H12N4O/c11-5-7(6-15)10-12-8-3-1-2-4-9(8)13-14-10/h1-4,7,15H,5-6,11H2. The predicted molar refractivity (Wildman–Crippen MR) is 56.2 cm³/mol. The SMILES string of the molecule is NCC(CO)c1nnc2ccccc2n1. The van der Waals surface area contributed by atoms with E-state index in [0.717, 1.165) is 11.0 Å². The van der Waals surface area contributed by atoms with E-state index >= 15 is 0 Å². The van der Waals surface area contributed by atoms with Crippen LogP contribution in [0, 0.1) is 0 Å². The summed E-state index contributed by atoms with van der Waals surface area (Å²) in [4.78, 5) is 4.30. The molecule has 0 spiro atoms. The van der Waals surface area contributed by atoms with Crippen LogP contribution in [0.3, 0.4) is 0 Å². The minimum Gasteiger partial charge on any atom is -0.396 e. The zero-order chi connectivity index (χ0) is 10.7. The maximum absolute atomic E-state index is 9.06. The van der Waals surface area contributed by atoms with Gasteiger partial charge in [-0.2, -0.15) is 0 Å². The highest BCUT2D eigenvalue weighted by Gasteiger charge is 2.12. The molecule has 0 fully saturated rings. The van der Waals surface area contributed by atoms with E-state index in [-0.39, 0.29) is 12.5 Å². The Labute approximate surface area is 87.0 Å². The Morgan fingerprint density at radius 1 is 1.20 bits per heavy atom. The summed E-state index contributed by atoms with van der Waals surface area (Å²) >= 11 is 0. The average molecular weight is 204 g/mol. The zero-order valence-corrected chi connectivity index (χ0v) is 8.17. The Balaban J connectivity index is 2.46. The van der Waals surface area contributed by atoms with Crippen LogP contribution in [0.25, 0.3) is 11.0 Å². The van der Waals surface area contributed by atoms with Crippen molar-refractivity contribution in [2.24, 2.45) is 5.73 Å². The third-order valence-corrected chi connectivity index (χ3v) is 2.25. The number of fused-ring (bicyclic) bond motifs is 1. The molecule has 5 heteroatoms. The maximum atomic E-state index is 9.06. The van der Waals surface area contributed by atoms with Crippen LogP contribution in [-0.2, 0) is 0 Å². The van der Waals surface area contributed by atoms with Crippen molar-refractivity contribution in [3.8, 4) is 0 Å². The Morgan fingerprint density at radius 2 is 1.93 bits per heavy atom. The number of nitrogens with two attached hydrogens (primary N) is 1. The van der Waals surface area contributed by atoms with Crippen molar-refractivity contribution in [2.75, 3.05) is 13.2 Å². The molecule has 2 rings (SSSR count). The summed E-state index contributed by atoms with van der Waals surface area (Å²) in [7, 11) is 0. The van der Waals surface area contributed by atoms with Crippen molar-refractivity contribution in [3.05, 3.63) is 30.1 Å². The molecule has 0 radical (unpaired) electrons. The summed E-state index contributed by atoms with van der Waals surface area (Å²) in [6.07, 6.45) is 0. The van der Waals surface area contributed by atoms with Crippen LogP contribution in [0.1, 0.15) is 11.7 Å². The molecule has 15 heavy (non-hydrogen) atoms. The third kappa shape index (κ3) is 1.93. The second-order valence-electron chi connectivity index (χ2n) is 3.27. The number of hydrogen-bond acceptors (Lipinski definition) is 5. The largest absolute Gasteiger partial charge is 0.396 e. The Bertz CT molecular complexity index is 456. The van der Waals surface area contributed by atoms with E-state index in [1.54, 1.807) is 0 Å². The third-order valence-electron chi connectivity index (χ3n) is 2.25. The van der Waals surface area contributed by atoms with Gasteiger partial charge in [-0.25, -0.2) is 4.98 Å². The van der Waals surface area contributed by atoms with E-state index in [9.17, 15) is 0 Å². The van der Waals surface area contributed by atoms with E-state index < -0.39 is 0 Å². The van der Waals surface area contributed by atoms with E-state index in [0.29, 0.717) is 12.4 Å². The molecular weight excluding hydrogens is 192 g/mol. The number of hydrogen-bond donors (Lipinski definition) is 2. The summed E-state index contributed by atoms with van der Waals surface area (Å²) in [5.74, 6) is 0.265. The second-order valence-corrected chi connectivity index (χ2v) is 3.27. The molecule has 1 unspecified atom stereocenters. The van der Waals surface area contributed by atoms with Gasteiger partial charge in [-0.15, -0.1) is 10.2 Å². The fourth-order valence-electron chi connectivity index (χ4n) is 1.33. The Hall–Kier alpha value is -1.59. The first kappa shape index (κ1) is 9.95. The molecule has 0 aliphatic heterocycles. The number of aliphatic hydroxyl groups is 1. The van der Waals surface area contributed by atoms with E-state index in [1.165, 1.54) is 0 Å². The second kappa shape index (κ2) is 4.29. The summed E-state index contributed by atoms with van der Waals surface area (Å²) in [5, 5.41) is 17.0. The highest BCUT2D eigenvalue weighted by atomic mass is 16.3. The van der Waals surface area contributed by atoms with Crippen LogP contribution in [0.5, 0.6) is 0 Å². The maximum Gasteiger partial charge on any atom is 0.158 e. The lowest BCUT2D eigenvalue weighted by molar-refractivity contribution is 0.263. The molecule has 1 heterocycles. The van der Waals surface area contributed by atoms with Gasteiger partial charge in [0.05, 0.1) is 18.0 Å². The van der Waals surface area contributed by atoms with Crippen LogP contribution in [0.4, 0.5) is 0 Å². The molecule has 3 N–H and O–H groups in total. The molecule has 0 aliphatic carbocycles. The quantitative estimate of drug-likeness (QED) is 0.738. The molecule has 1 aromatic heterocycles. The normalized spacial score (nSPS) is 12.9. The number of para-hydroxylation sites is 1. The monoisotopic (exact) mass is 204 g/mol. The van der Waals surface area contributed by atoms with E-state index in [1.807, 2.05) is 24.3 Å². The summed E-state index contributed by atoms with van der Waals surface area (Å²) in [6.45, 7) is 0.257. The molecule has 0 bridgehead atoms. The van der Waals surface area contributed by atoms with Crippen molar-refractivity contribution < 1.29 is 5.11 Å². The van der Waals surface area contributed by atoms with Crippen molar-refractivity contribution in [2.45, 2.75) is 5.92 Å². The molecule has 2 aromatic rings.